The summed E-state index contributed by atoms with van der Waals surface area (Å²) in [6.45, 7) is 3.88. The first-order chi connectivity index (χ1) is 4.58. The van der Waals surface area contributed by atoms with E-state index in [0.29, 0.717) is 12.3 Å². The van der Waals surface area contributed by atoms with Crippen LogP contribution >= 0.6 is 0 Å². The highest BCUT2D eigenvalue weighted by molar-refractivity contribution is 4.88. The Morgan fingerprint density at radius 2 is 2.40 bits per heavy atom. The lowest BCUT2D eigenvalue weighted by Crippen LogP contribution is -2.34. The summed E-state index contributed by atoms with van der Waals surface area (Å²) in [5, 5.41) is 0. The van der Waals surface area contributed by atoms with Crippen LogP contribution in [0.2, 0.25) is 0 Å². The number of oxazole rings is 1. The van der Waals surface area contributed by atoms with Gasteiger partial charge in [0.15, 0.2) is 5.89 Å². The maximum atomic E-state index is 5.73. The molecule has 0 unspecified atom stereocenters. The monoisotopic (exact) mass is 140 g/mol. The summed E-state index contributed by atoms with van der Waals surface area (Å²) in [5.41, 5.74) is 5.50. The largest absolute Gasteiger partial charge is 0.449 e. The first-order valence-corrected chi connectivity index (χ1v) is 3.25. The molecule has 0 aliphatic rings. The van der Waals surface area contributed by atoms with Crippen LogP contribution in [0.25, 0.3) is 0 Å². The Hall–Kier alpha value is -0.830. The minimum Gasteiger partial charge on any atom is -0.449 e. The lowest BCUT2D eigenvalue weighted by Gasteiger charge is -2.14. The van der Waals surface area contributed by atoms with Crippen LogP contribution in [0.1, 0.15) is 19.7 Å². The molecular weight excluding hydrogens is 128 g/mol. The molecule has 0 radical (unpaired) electrons. The number of hydrogen-bond donors (Lipinski definition) is 1. The maximum Gasteiger partial charge on any atom is 0.195 e. The van der Waals surface area contributed by atoms with Gasteiger partial charge in [0.2, 0.25) is 0 Å². The van der Waals surface area contributed by atoms with Crippen LogP contribution < -0.4 is 5.73 Å². The van der Waals surface area contributed by atoms with Gasteiger partial charge in [0.1, 0.15) is 6.26 Å². The molecule has 3 heteroatoms. The van der Waals surface area contributed by atoms with Crippen molar-refractivity contribution in [3.8, 4) is 0 Å². The number of aromatic nitrogens is 1. The Labute approximate surface area is 60.2 Å². The molecule has 1 aromatic heterocycles. The van der Waals surface area contributed by atoms with Gasteiger partial charge < -0.3 is 10.2 Å². The fourth-order valence-electron chi connectivity index (χ4n) is 0.730. The third kappa shape index (κ3) is 2.19. The molecule has 0 atom stereocenters. The van der Waals surface area contributed by atoms with E-state index in [9.17, 15) is 0 Å². The average Bonchev–Trinajstić information content (AvgIpc) is 2.12. The van der Waals surface area contributed by atoms with Gasteiger partial charge in [-0.2, -0.15) is 0 Å². The lowest BCUT2D eigenvalue weighted by molar-refractivity contribution is 0.418. The van der Waals surface area contributed by atoms with E-state index < -0.39 is 0 Å². The second-order valence-corrected chi connectivity index (χ2v) is 3.09. The molecule has 0 spiro atoms. The third-order valence-corrected chi connectivity index (χ3v) is 1.09. The Morgan fingerprint density at radius 3 is 2.80 bits per heavy atom. The molecule has 0 aliphatic carbocycles. The quantitative estimate of drug-likeness (QED) is 0.665. The first-order valence-electron chi connectivity index (χ1n) is 3.25. The molecule has 1 rings (SSSR count). The standard InChI is InChI=1S/C7H12N2O/c1-7(2,8)5-6-9-3-4-10-6/h3-4H,5,8H2,1-2H3. The van der Waals surface area contributed by atoms with Crippen molar-refractivity contribution in [3.05, 3.63) is 18.4 Å². The summed E-state index contributed by atoms with van der Waals surface area (Å²) in [6.07, 6.45) is 3.86. The van der Waals surface area contributed by atoms with E-state index in [1.165, 1.54) is 0 Å². The summed E-state index contributed by atoms with van der Waals surface area (Å²) in [6, 6.07) is 0. The molecule has 0 amide bonds. The topological polar surface area (TPSA) is 52.0 Å². The fraction of sp³-hybridized carbons (Fsp3) is 0.571. The average molecular weight is 140 g/mol. The van der Waals surface area contributed by atoms with E-state index in [2.05, 4.69) is 4.98 Å². The summed E-state index contributed by atoms with van der Waals surface area (Å²) < 4.78 is 5.02. The smallest absolute Gasteiger partial charge is 0.195 e. The predicted molar refractivity (Wildman–Crippen MR) is 38.5 cm³/mol. The van der Waals surface area contributed by atoms with Crippen molar-refractivity contribution in [2.45, 2.75) is 25.8 Å². The van der Waals surface area contributed by atoms with E-state index in [0.717, 1.165) is 0 Å². The molecule has 3 nitrogen and oxygen atoms in total. The van der Waals surface area contributed by atoms with Crippen molar-refractivity contribution in [2.24, 2.45) is 5.73 Å². The van der Waals surface area contributed by atoms with Crippen LogP contribution in [0.3, 0.4) is 0 Å². The molecular formula is C7H12N2O. The Kier molecular flexibility index (Phi) is 1.76. The van der Waals surface area contributed by atoms with Gasteiger partial charge in [-0.1, -0.05) is 0 Å². The molecule has 1 aromatic rings. The molecule has 2 N–H and O–H groups in total. The summed E-state index contributed by atoms with van der Waals surface area (Å²) in [4.78, 5) is 3.95. The van der Waals surface area contributed by atoms with E-state index >= 15 is 0 Å². The summed E-state index contributed by atoms with van der Waals surface area (Å²) >= 11 is 0. The zero-order valence-electron chi connectivity index (χ0n) is 6.29. The molecule has 56 valence electrons. The fourth-order valence-corrected chi connectivity index (χ4v) is 0.730. The molecule has 0 aliphatic heterocycles. The van der Waals surface area contributed by atoms with Gasteiger partial charge in [0, 0.05) is 12.0 Å². The zero-order valence-corrected chi connectivity index (χ0v) is 6.29. The normalized spacial score (nSPS) is 11.9. The minimum absolute atomic E-state index is 0.231. The van der Waals surface area contributed by atoms with E-state index in [-0.39, 0.29) is 5.54 Å². The highest BCUT2D eigenvalue weighted by Gasteiger charge is 2.13. The van der Waals surface area contributed by atoms with Gasteiger partial charge in [0.05, 0.1) is 6.20 Å². The van der Waals surface area contributed by atoms with Crippen molar-refractivity contribution < 1.29 is 4.42 Å². The van der Waals surface area contributed by atoms with Crippen molar-refractivity contribution in [1.29, 1.82) is 0 Å². The second kappa shape index (κ2) is 2.42. The van der Waals surface area contributed by atoms with Crippen molar-refractivity contribution in [3.63, 3.8) is 0 Å². The lowest BCUT2D eigenvalue weighted by atomic mass is 10.0. The van der Waals surface area contributed by atoms with Crippen LogP contribution in [0.5, 0.6) is 0 Å². The van der Waals surface area contributed by atoms with E-state index in [1.807, 2.05) is 13.8 Å². The van der Waals surface area contributed by atoms with E-state index in [4.69, 9.17) is 10.2 Å². The van der Waals surface area contributed by atoms with Gasteiger partial charge in [-0.3, -0.25) is 0 Å². The molecule has 0 saturated heterocycles. The van der Waals surface area contributed by atoms with Gasteiger partial charge in [0.25, 0.3) is 0 Å². The van der Waals surface area contributed by atoms with Gasteiger partial charge in [-0.05, 0) is 13.8 Å². The Bertz CT molecular complexity index is 186. The third-order valence-electron chi connectivity index (χ3n) is 1.09. The van der Waals surface area contributed by atoms with Crippen LogP contribution in [0.15, 0.2) is 16.9 Å². The summed E-state index contributed by atoms with van der Waals surface area (Å²) in [7, 11) is 0. The molecule has 10 heavy (non-hydrogen) atoms. The molecule has 0 fully saturated rings. The second-order valence-electron chi connectivity index (χ2n) is 3.09. The Balaban J connectivity index is 2.57. The van der Waals surface area contributed by atoms with Crippen molar-refractivity contribution in [1.82, 2.24) is 4.98 Å². The minimum atomic E-state index is -0.231. The van der Waals surface area contributed by atoms with Crippen molar-refractivity contribution >= 4 is 0 Å². The van der Waals surface area contributed by atoms with Gasteiger partial charge >= 0.3 is 0 Å². The summed E-state index contributed by atoms with van der Waals surface area (Å²) in [5.74, 6) is 0.701. The van der Waals surface area contributed by atoms with Crippen LogP contribution in [-0.4, -0.2) is 10.5 Å². The Morgan fingerprint density at radius 1 is 1.70 bits per heavy atom. The number of nitrogens with zero attached hydrogens (tertiary/aromatic N) is 1. The highest BCUT2D eigenvalue weighted by Crippen LogP contribution is 2.06. The highest BCUT2D eigenvalue weighted by atomic mass is 16.3. The first kappa shape index (κ1) is 7.28. The van der Waals surface area contributed by atoms with Crippen LogP contribution in [0, 0.1) is 0 Å². The predicted octanol–water partition coefficient (Wildman–Crippen LogP) is 0.954. The molecule has 0 saturated carbocycles. The van der Waals surface area contributed by atoms with E-state index in [1.54, 1.807) is 12.5 Å². The van der Waals surface area contributed by atoms with Crippen LogP contribution in [0.4, 0.5) is 0 Å². The van der Waals surface area contributed by atoms with Crippen molar-refractivity contribution in [2.75, 3.05) is 0 Å². The zero-order chi connectivity index (χ0) is 7.61. The maximum absolute atomic E-state index is 5.73. The number of rotatable bonds is 2. The SMILES string of the molecule is CC(C)(N)Cc1ncco1. The molecule has 1 heterocycles. The molecule has 0 bridgehead atoms. The number of nitrogens with two attached hydrogens (primary N) is 1. The molecule has 0 aromatic carbocycles. The van der Waals surface area contributed by atoms with Gasteiger partial charge in [-0.15, -0.1) is 0 Å². The van der Waals surface area contributed by atoms with Gasteiger partial charge in [-0.25, -0.2) is 4.98 Å². The van der Waals surface area contributed by atoms with Crippen LogP contribution in [-0.2, 0) is 6.42 Å². The number of hydrogen-bond acceptors (Lipinski definition) is 3.